The van der Waals surface area contributed by atoms with E-state index in [1.54, 1.807) is 22.0 Å². The summed E-state index contributed by atoms with van der Waals surface area (Å²) in [5, 5.41) is 6.27. The number of carbonyl (C=O) groups is 3. The van der Waals surface area contributed by atoms with Crippen LogP contribution in [0.1, 0.15) is 51.5 Å². The average molecular weight is 430 g/mol. The molecule has 2 aliphatic rings. The molecule has 2 fully saturated rings. The summed E-state index contributed by atoms with van der Waals surface area (Å²) < 4.78 is 0. The molecule has 0 bridgehead atoms. The van der Waals surface area contributed by atoms with Gasteiger partial charge in [-0.3, -0.25) is 9.59 Å². The fourth-order valence-electron chi connectivity index (χ4n) is 4.38. The lowest BCUT2D eigenvalue weighted by atomic mass is 10.0. The molecule has 2 heterocycles. The zero-order valence-electron chi connectivity index (χ0n) is 18.9. The van der Waals surface area contributed by atoms with Gasteiger partial charge in [0.25, 0.3) is 0 Å². The fourth-order valence-corrected chi connectivity index (χ4v) is 4.38. The number of carbonyl (C=O) groups excluding carboxylic acids is 3. The number of piperazine rings is 1. The fraction of sp³-hybridized carbons (Fsp3) is 0.609. The van der Waals surface area contributed by atoms with E-state index in [0.29, 0.717) is 26.1 Å². The third kappa shape index (κ3) is 5.18. The summed E-state index contributed by atoms with van der Waals surface area (Å²) in [6.07, 6.45) is 3.85. The first-order valence-electron chi connectivity index (χ1n) is 11.4. The van der Waals surface area contributed by atoms with Crippen LogP contribution in [0.3, 0.4) is 0 Å². The van der Waals surface area contributed by atoms with Crippen LogP contribution >= 0.6 is 0 Å². The van der Waals surface area contributed by atoms with E-state index >= 15 is 0 Å². The number of hydrazine groups is 1. The van der Waals surface area contributed by atoms with E-state index in [-0.39, 0.29) is 24.4 Å². The van der Waals surface area contributed by atoms with Gasteiger partial charge in [-0.1, -0.05) is 63.4 Å². The lowest BCUT2D eigenvalue weighted by Gasteiger charge is -2.54. The smallest absolute Gasteiger partial charge is 0.334 e. The van der Waals surface area contributed by atoms with Crippen LogP contribution in [0.25, 0.3) is 0 Å². The predicted octanol–water partition coefficient (Wildman–Crippen LogP) is 2.41. The standard InChI is InChI=1S/C23H35N5O3/c1-4-6-13-19-22(30)26(14-7-5-2)16-20-27(19)21(29)17-25(3)28(20)23(31)24-15-18-11-9-8-10-12-18/h8-12,19-20H,4-7,13-17H2,1-3H3,(H,24,31)/t19-,20-/m0/s1. The van der Waals surface area contributed by atoms with E-state index in [0.717, 1.165) is 31.2 Å². The summed E-state index contributed by atoms with van der Waals surface area (Å²) in [5.41, 5.74) is 1.01. The van der Waals surface area contributed by atoms with Gasteiger partial charge in [0.15, 0.2) is 0 Å². The Hall–Kier alpha value is -2.61. The quantitative estimate of drug-likeness (QED) is 0.689. The average Bonchev–Trinajstić information content (AvgIpc) is 2.76. The molecule has 0 aliphatic carbocycles. The van der Waals surface area contributed by atoms with Crippen LogP contribution < -0.4 is 5.32 Å². The summed E-state index contributed by atoms with van der Waals surface area (Å²) in [7, 11) is 1.76. The van der Waals surface area contributed by atoms with E-state index in [1.165, 1.54) is 0 Å². The highest BCUT2D eigenvalue weighted by atomic mass is 16.2. The maximum atomic E-state index is 13.2. The second-order valence-electron chi connectivity index (χ2n) is 8.38. The molecule has 170 valence electrons. The lowest BCUT2D eigenvalue weighted by Crippen LogP contribution is -2.75. The second-order valence-corrected chi connectivity index (χ2v) is 8.38. The van der Waals surface area contributed by atoms with Crippen molar-refractivity contribution in [3.05, 3.63) is 35.9 Å². The number of hydrogen-bond donors (Lipinski definition) is 1. The van der Waals surface area contributed by atoms with Crippen molar-refractivity contribution in [3.8, 4) is 0 Å². The van der Waals surface area contributed by atoms with E-state index in [2.05, 4.69) is 19.2 Å². The SMILES string of the molecule is CCCC[C@H]1C(=O)N(CCCC)C[C@H]2N1C(=O)CN(C)N2C(=O)NCc1ccccc1. The Morgan fingerprint density at radius 2 is 1.81 bits per heavy atom. The largest absolute Gasteiger partial charge is 0.337 e. The van der Waals surface area contributed by atoms with Crippen LogP contribution in [0.4, 0.5) is 4.79 Å². The van der Waals surface area contributed by atoms with Crippen LogP contribution in [-0.2, 0) is 16.1 Å². The molecule has 8 nitrogen and oxygen atoms in total. The maximum absolute atomic E-state index is 13.2. The number of benzene rings is 1. The van der Waals surface area contributed by atoms with Gasteiger partial charge in [-0.25, -0.2) is 14.8 Å². The van der Waals surface area contributed by atoms with Gasteiger partial charge < -0.3 is 15.1 Å². The molecular weight excluding hydrogens is 394 g/mol. The molecule has 2 atom stereocenters. The Balaban J connectivity index is 1.82. The molecule has 0 unspecified atom stereocenters. The first kappa shape index (κ1) is 23.1. The molecule has 0 spiro atoms. The van der Waals surface area contributed by atoms with Gasteiger partial charge in [0.1, 0.15) is 12.2 Å². The Bertz CT molecular complexity index is 772. The summed E-state index contributed by atoms with van der Waals surface area (Å²) in [6, 6.07) is 8.98. The van der Waals surface area contributed by atoms with Gasteiger partial charge in [-0.2, -0.15) is 0 Å². The van der Waals surface area contributed by atoms with Gasteiger partial charge in [0.05, 0.1) is 13.1 Å². The topological polar surface area (TPSA) is 76.2 Å². The highest BCUT2D eigenvalue weighted by molar-refractivity contribution is 5.91. The van der Waals surface area contributed by atoms with Crippen molar-refractivity contribution in [3.63, 3.8) is 0 Å². The van der Waals surface area contributed by atoms with Crippen LogP contribution in [0.2, 0.25) is 0 Å². The number of unbranched alkanes of at least 4 members (excludes halogenated alkanes) is 2. The third-order valence-electron chi connectivity index (χ3n) is 6.05. The first-order valence-corrected chi connectivity index (χ1v) is 11.4. The molecule has 8 heteroatoms. The molecule has 0 saturated carbocycles. The number of nitrogens with one attached hydrogen (secondary N) is 1. The normalized spacial score (nSPS) is 22.0. The molecule has 31 heavy (non-hydrogen) atoms. The summed E-state index contributed by atoms with van der Waals surface area (Å²) in [5.74, 6) is -0.0788. The Morgan fingerprint density at radius 1 is 1.10 bits per heavy atom. The van der Waals surface area contributed by atoms with E-state index in [1.807, 2.05) is 35.2 Å². The number of nitrogens with zero attached hydrogens (tertiary/aromatic N) is 4. The zero-order chi connectivity index (χ0) is 22.4. The van der Waals surface area contributed by atoms with Gasteiger partial charge in [0, 0.05) is 20.1 Å². The molecule has 3 rings (SSSR count). The van der Waals surface area contributed by atoms with Crippen molar-refractivity contribution in [2.24, 2.45) is 0 Å². The number of urea groups is 1. The minimum absolute atomic E-state index is 0.0145. The summed E-state index contributed by atoms with van der Waals surface area (Å²) in [6.45, 7) is 5.66. The van der Waals surface area contributed by atoms with Crippen LogP contribution in [-0.4, -0.2) is 76.6 Å². The number of amides is 4. The summed E-state index contributed by atoms with van der Waals surface area (Å²) in [4.78, 5) is 42.9. The van der Waals surface area contributed by atoms with E-state index in [9.17, 15) is 14.4 Å². The minimum Gasteiger partial charge on any atom is -0.337 e. The molecule has 0 radical (unpaired) electrons. The van der Waals surface area contributed by atoms with E-state index in [4.69, 9.17) is 0 Å². The molecule has 2 aliphatic heterocycles. The second kappa shape index (κ2) is 10.6. The zero-order valence-corrected chi connectivity index (χ0v) is 18.9. The molecule has 1 aromatic rings. The van der Waals surface area contributed by atoms with Crippen LogP contribution in [0.5, 0.6) is 0 Å². The number of likely N-dealkylation sites (N-methyl/N-ethyl adjacent to an activating group) is 1. The van der Waals surface area contributed by atoms with Crippen LogP contribution in [0.15, 0.2) is 30.3 Å². The van der Waals surface area contributed by atoms with Gasteiger partial charge in [-0.15, -0.1) is 0 Å². The minimum atomic E-state index is -0.499. The Kier molecular flexibility index (Phi) is 7.90. The highest BCUT2D eigenvalue weighted by Gasteiger charge is 2.50. The van der Waals surface area contributed by atoms with Crippen molar-refractivity contribution in [1.29, 1.82) is 0 Å². The van der Waals surface area contributed by atoms with Gasteiger partial charge in [0.2, 0.25) is 11.8 Å². The number of hydrogen-bond acceptors (Lipinski definition) is 4. The highest BCUT2D eigenvalue weighted by Crippen LogP contribution is 2.28. The third-order valence-corrected chi connectivity index (χ3v) is 6.05. The van der Waals surface area contributed by atoms with Crippen LogP contribution in [0, 0.1) is 0 Å². The van der Waals surface area contributed by atoms with Crippen molar-refractivity contribution in [2.45, 2.75) is 64.7 Å². The lowest BCUT2D eigenvalue weighted by molar-refractivity contribution is -0.187. The van der Waals surface area contributed by atoms with Crippen molar-refractivity contribution >= 4 is 17.8 Å². The molecule has 2 saturated heterocycles. The molecule has 1 aromatic carbocycles. The van der Waals surface area contributed by atoms with Crippen molar-refractivity contribution < 1.29 is 14.4 Å². The Labute approximate surface area is 185 Å². The van der Waals surface area contributed by atoms with E-state index < -0.39 is 12.2 Å². The molecular formula is C23H35N5O3. The predicted molar refractivity (Wildman–Crippen MR) is 119 cm³/mol. The summed E-state index contributed by atoms with van der Waals surface area (Å²) >= 11 is 0. The molecule has 0 aromatic heterocycles. The molecule has 4 amide bonds. The van der Waals surface area contributed by atoms with Gasteiger partial charge in [-0.05, 0) is 18.4 Å². The molecule has 1 N–H and O–H groups in total. The number of rotatable bonds is 8. The first-order chi connectivity index (χ1) is 15.0. The van der Waals surface area contributed by atoms with Crippen molar-refractivity contribution in [2.75, 3.05) is 26.7 Å². The Morgan fingerprint density at radius 3 is 2.48 bits per heavy atom. The van der Waals surface area contributed by atoms with Gasteiger partial charge >= 0.3 is 6.03 Å². The maximum Gasteiger partial charge on any atom is 0.334 e. The monoisotopic (exact) mass is 429 g/mol. The number of fused-ring (bicyclic) bond motifs is 1. The van der Waals surface area contributed by atoms with Crippen molar-refractivity contribution in [1.82, 2.24) is 25.1 Å².